The molecule has 4 nitrogen and oxygen atoms in total. The van der Waals surface area contributed by atoms with Crippen molar-refractivity contribution in [2.24, 2.45) is 5.73 Å². The number of para-hydroxylation sites is 2. The summed E-state index contributed by atoms with van der Waals surface area (Å²) in [6, 6.07) is 8.54. The number of nitrogens with zero attached hydrogens (tertiary/aromatic N) is 2. The minimum Gasteiger partial charge on any atom is -0.495 e. The van der Waals surface area contributed by atoms with Crippen molar-refractivity contribution in [2.45, 2.75) is 19.4 Å². The fraction of sp³-hybridized carbons (Fsp3) is 0.600. The third-order valence-electron chi connectivity index (χ3n) is 3.82. The zero-order chi connectivity index (χ0) is 13.7. The van der Waals surface area contributed by atoms with Crippen LogP contribution in [0.15, 0.2) is 24.3 Å². The predicted octanol–water partition coefficient (Wildman–Crippen LogP) is 1.55. The first-order chi connectivity index (χ1) is 9.24. The summed E-state index contributed by atoms with van der Waals surface area (Å²) in [4.78, 5) is 4.85. The van der Waals surface area contributed by atoms with Crippen LogP contribution in [0.4, 0.5) is 5.69 Å². The van der Waals surface area contributed by atoms with E-state index in [-0.39, 0.29) is 0 Å². The van der Waals surface area contributed by atoms with Gasteiger partial charge in [-0.25, -0.2) is 0 Å². The molecule has 1 aliphatic rings. The van der Waals surface area contributed by atoms with Gasteiger partial charge < -0.3 is 15.4 Å². The minimum absolute atomic E-state index is 0.304. The lowest BCUT2D eigenvalue weighted by atomic mass is 10.2. The Morgan fingerprint density at radius 3 is 2.53 bits per heavy atom. The van der Waals surface area contributed by atoms with Crippen molar-refractivity contribution < 1.29 is 4.74 Å². The molecule has 1 aromatic carbocycles. The smallest absolute Gasteiger partial charge is 0.142 e. The molecule has 19 heavy (non-hydrogen) atoms. The maximum atomic E-state index is 6.02. The van der Waals surface area contributed by atoms with Gasteiger partial charge in [0.1, 0.15) is 5.75 Å². The first kappa shape index (κ1) is 14.2. The van der Waals surface area contributed by atoms with E-state index in [2.05, 4.69) is 28.9 Å². The minimum atomic E-state index is 0.304. The summed E-state index contributed by atoms with van der Waals surface area (Å²) >= 11 is 0. The normalized spacial score (nSPS) is 18.4. The quantitative estimate of drug-likeness (QED) is 0.875. The van der Waals surface area contributed by atoms with Crippen LogP contribution in [0, 0.1) is 0 Å². The molecule has 1 atom stereocenters. The second-order valence-electron chi connectivity index (χ2n) is 5.13. The van der Waals surface area contributed by atoms with Crippen LogP contribution in [0.5, 0.6) is 5.75 Å². The van der Waals surface area contributed by atoms with Crippen LogP contribution in [-0.2, 0) is 0 Å². The largest absolute Gasteiger partial charge is 0.495 e. The Morgan fingerprint density at radius 1 is 1.21 bits per heavy atom. The Hall–Kier alpha value is -1.26. The Balaban J connectivity index is 1.92. The van der Waals surface area contributed by atoms with Crippen LogP contribution in [0.3, 0.4) is 0 Å². The lowest BCUT2D eigenvalue weighted by Gasteiger charge is -2.37. The summed E-state index contributed by atoms with van der Waals surface area (Å²) in [7, 11) is 1.73. The van der Waals surface area contributed by atoms with E-state index in [0.717, 1.165) is 44.9 Å². The molecule has 0 amide bonds. The Kier molecular flexibility index (Phi) is 5.05. The van der Waals surface area contributed by atoms with E-state index in [4.69, 9.17) is 10.5 Å². The van der Waals surface area contributed by atoms with Crippen LogP contribution in [-0.4, -0.2) is 50.8 Å². The summed E-state index contributed by atoms with van der Waals surface area (Å²) in [5.41, 5.74) is 7.22. The van der Waals surface area contributed by atoms with Gasteiger partial charge in [-0.15, -0.1) is 0 Å². The van der Waals surface area contributed by atoms with Crippen LogP contribution < -0.4 is 15.4 Å². The standard InChI is InChI=1S/C15H25N3O/c1-3-13(16)12-17-8-10-18(11-9-17)14-6-4-5-7-15(14)19-2/h4-7,13H,3,8-12,16H2,1-2H3. The summed E-state index contributed by atoms with van der Waals surface area (Å²) < 4.78 is 5.43. The van der Waals surface area contributed by atoms with Crippen molar-refractivity contribution in [1.29, 1.82) is 0 Å². The molecule has 1 fully saturated rings. The maximum Gasteiger partial charge on any atom is 0.142 e. The molecule has 2 rings (SSSR count). The number of benzene rings is 1. The molecule has 0 aromatic heterocycles. The molecule has 2 N–H and O–H groups in total. The number of methoxy groups -OCH3 is 1. The van der Waals surface area contributed by atoms with Gasteiger partial charge in [-0.3, -0.25) is 4.90 Å². The molecule has 1 aliphatic heterocycles. The maximum absolute atomic E-state index is 6.02. The molecule has 106 valence electrons. The van der Waals surface area contributed by atoms with Crippen molar-refractivity contribution in [3.8, 4) is 5.75 Å². The number of piperazine rings is 1. The lowest BCUT2D eigenvalue weighted by Crippen LogP contribution is -2.49. The first-order valence-electron chi connectivity index (χ1n) is 7.10. The SMILES string of the molecule is CCC(N)CN1CCN(c2ccccc2OC)CC1. The van der Waals surface area contributed by atoms with E-state index in [1.807, 2.05) is 12.1 Å². The molecule has 1 unspecified atom stereocenters. The highest BCUT2D eigenvalue weighted by atomic mass is 16.5. The van der Waals surface area contributed by atoms with Gasteiger partial charge >= 0.3 is 0 Å². The van der Waals surface area contributed by atoms with E-state index in [1.54, 1.807) is 7.11 Å². The molecular weight excluding hydrogens is 238 g/mol. The molecule has 0 saturated carbocycles. The van der Waals surface area contributed by atoms with E-state index in [1.165, 1.54) is 5.69 Å². The van der Waals surface area contributed by atoms with Crippen molar-refractivity contribution in [2.75, 3.05) is 44.7 Å². The average molecular weight is 263 g/mol. The summed E-state index contributed by atoms with van der Waals surface area (Å²) in [5.74, 6) is 0.959. The van der Waals surface area contributed by atoms with Gasteiger partial charge in [0.2, 0.25) is 0 Å². The van der Waals surface area contributed by atoms with E-state index in [9.17, 15) is 0 Å². The second kappa shape index (κ2) is 6.78. The fourth-order valence-corrected chi connectivity index (χ4v) is 2.52. The number of rotatable bonds is 5. The highest BCUT2D eigenvalue weighted by molar-refractivity contribution is 5.58. The van der Waals surface area contributed by atoms with Crippen molar-refractivity contribution in [3.05, 3.63) is 24.3 Å². The molecular formula is C15H25N3O. The van der Waals surface area contributed by atoms with Gasteiger partial charge in [0, 0.05) is 38.8 Å². The number of ether oxygens (including phenoxy) is 1. The van der Waals surface area contributed by atoms with Gasteiger partial charge in [0.25, 0.3) is 0 Å². The molecule has 0 aliphatic carbocycles. The van der Waals surface area contributed by atoms with Gasteiger partial charge in [0.05, 0.1) is 12.8 Å². The summed E-state index contributed by atoms with van der Waals surface area (Å²) in [5, 5.41) is 0. The van der Waals surface area contributed by atoms with E-state index >= 15 is 0 Å². The topological polar surface area (TPSA) is 41.7 Å². The number of nitrogens with two attached hydrogens (primary N) is 1. The van der Waals surface area contributed by atoms with Crippen molar-refractivity contribution >= 4 is 5.69 Å². The molecule has 0 spiro atoms. The average Bonchev–Trinajstić information content (AvgIpc) is 2.48. The Morgan fingerprint density at radius 2 is 1.89 bits per heavy atom. The monoisotopic (exact) mass is 263 g/mol. The van der Waals surface area contributed by atoms with Gasteiger partial charge in [-0.1, -0.05) is 19.1 Å². The van der Waals surface area contributed by atoms with E-state index in [0.29, 0.717) is 6.04 Å². The third kappa shape index (κ3) is 3.61. The lowest BCUT2D eigenvalue weighted by molar-refractivity contribution is 0.240. The predicted molar refractivity (Wildman–Crippen MR) is 79.9 cm³/mol. The Bertz CT molecular complexity index is 389. The van der Waals surface area contributed by atoms with Crippen molar-refractivity contribution in [1.82, 2.24) is 4.90 Å². The number of anilines is 1. The number of hydrogen-bond acceptors (Lipinski definition) is 4. The molecule has 1 saturated heterocycles. The highest BCUT2D eigenvalue weighted by Gasteiger charge is 2.20. The molecule has 1 aromatic rings. The number of hydrogen-bond donors (Lipinski definition) is 1. The molecule has 1 heterocycles. The zero-order valence-corrected chi connectivity index (χ0v) is 12.0. The second-order valence-corrected chi connectivity index (χ2v) is 5.13. The zero-order valence-electron chi connectivity index (χ0n) is 12.0. The summed E-state index contributed by atoms with van der Waals surface area (Å²) in [6.45, 7) is 7.39. The fourth-order valence-electron chi connectivity index (χ4n) is 2.52. The van der Waals surface area contributed by atoms with E-state index < -0.39 is 0 Å². The van der Waals surface area contributed by atoms with Crippen LogP contribution in [0.2, 0.25) is 0 Å². The van der Waals surface area contributed by atoms with Crippen LogP contribution in [0.25, 0.3) is 0 Å². The van der Waals surface area contributed by atoms with Crippen molar-refractivity contribution in [3.63, 3.8) is 0 Å². The van der Waals surface area contributed by atoms with Gasteiger partial charge in [0.15, 0.2) is 0 Å². The summed E-state index contributed by atoms with van der Waals surface area (Å²) in [6.07, 6.45) is 1.05. The van der Waals surface area contributed by atoms with Gasteiger partial charge in [-0.05, 0) is 18.6 Å². The molecule has 0 radical (unpaired) electrons. The molecule has 4 heteroatoms. The molecule has 0 bridgehead atoms. The first-order valence-corrected chi connectivity index (χ1v) is 7.10. The van der Waals surface area contributed by atoms with Gasteiger partial charge in [-0.2, -0.15) is 0 Å². The van der Waals surface area contributed by atoms with Crippen LogP contribution in [0.1, 0.15) is 13.3 Å². The highest BCUT2D eigenvalue weighted by Crippen LogP contribution is 2.28. The Labute approximate surface area is 116 Å². The third-order valence-corrected chi connectivity index (χ3v) is 3.82. The van der Waals surface area contributed by atoms with Crippen LogP contribution >= 0.6 is 0 Å².